The number of benzene rings is 1. The van der Waals surface area contributed by atoms with Gasteiger partial charge < -0.3 is 15.5 Å². The third-order valence-corrected chi connectivity index (χ3v) is 5.57. The van der Waals surface area contributed by atoms with E-state index in [0.29, 0.717) is 6.04 Å². The van der Waals surface area contributed by atoms with Gasteiger partial charge in [-0.05, 0) is 51.8 Å². The van der Waals surface area contributed by atoms with E-state index in [-0.39, 0.29) is 24.0 Å². The Morgan fingerprint density at radius 1 is 1.17 bits per heavy atom. The fourth-order valence-electron chi connectivity index (χ4n) is 3.93. The summed E-state index contributed by atoms with van der Waals surface area (Å²) >= 11 is 0. The largest absolute Gasteiger partial charge is 0.354 e. The van der Waals surface area contributed by atoms with Crippen LogP contribution in [0.4, 0.5) is 0 Å². The Labute approximate surface area is 192 Å². The Hall–Kier alpha value is -1.61. The van der Waals surface area contributed by atoms with Crippen LogP contribution in [-0.2, 0) is 6.54 Å². The van der Waals surface area contributed by atoms with Gasteiger partial charge in [0.05, 0.1) is 11.4 Å². The molecule has 0 aliphatic carbocycles. The molecule has 0 amide bonds. The van der Waals surface area contributed by atoms with Crippen molar-refractivity contribution in [2.45, 2.75) is 52.6 Å². The van der Waals surface area contributed by atoms with Crippen LogP contribution in [0.5, 0.6) is 0 Å². The molecule has 0 atom stereocenters. The number of aromatic nitrogens is 2. The number of nitrogens with one attached hydrogen (secondary N) is 2. The highest BCUT2D eigenvalue weighted by Crippen LogP contribution is 2.17. The second-order valence-corrected chi connectivity index (χ2v) is 7.58. The maximum Gasteiger partial charge on any atom is 0.191 e. The number of hydrogen-bond acceptors (Lipinski definition) is 3. The summed E-state index contributed by atoms with van der Waals surface area (Å²) in [4.78, 5) is 6.99. The summed E-state index contributed by atoms with van der Waals surface area (Å²) in [7, 11) is 1.84. The first-order valence-corrected chi connectivity index (χ1v) is 10.4. The van der Waals surface area contributed by atoms with E-state index in [4.69, 9.17) is 5.10 Å². The average molecular weight is 510 g/mol. The number of aryl methyl sites for hydroxylation is 1. The molecule has 29 heavy (non-hydrogen) atoms. The molecule has 0 saturated carbocycles. The van der Waals surface area contributed by atoms with Crippen LogP contribution in [0.1, 0.15) is 43.1 Å². The Bertz CT molecular complexity index is 778. The highest BCUT2D eigenvalue weighted by atomic mass is 127. The van der Waals surface area contributed by atoms with Gasteiger partial charge in [0.25, 0.3) is 0 Å². The number of guanidine groups is 1. The van der Waals surface area contributed by atoms with Crippen molar-refractivity contribution in [2.24, 2.45) is 4.99 Å². The third kappa shape index (κ3) is 6.18. The van der Waals surface area contributed by atoms with Crippen LogP contribution in [0.2, 0.25) is 0 Å². The predicted molar refractivity (Wildman–Crippen MR) is 132 cm³/mol. The second kappa shape index (κ2) is 11.5. The summed E-state index contributed by atoms with van der Waals surface area (Å²) in [5.74, 6) is 0.875. The zero-order valence-electron chi connectivity index (χ0n) is 18.1. The Kier molecular flexibility index (Phi) is 9.42. The van der Waals surface area contributed by atoms with Crippen LogP contribution in [0.3, 0.4) is 0 Å². The maximum absolute atomic E-state index is 4.74. The van der Waals surface area contributed by atoms with E-state index in [1.165, 1.54) is 50.2 Å². The zero-order chi connectivity index (χ0) is 19.9. The molecule has 1 saturated heterocycles. The van der Waals surface area contributed by atoms with E-state index >= 15 is 0 Å². The molecule has 0 radical (unpaired) electrons. The molecule has 160 valence electrons. The molecule has 0 spiro atoms. The third-order valence-electron chi connectivity index (χ3n) is 5.57. The Morgan fingerprint density at radius 3 is 2.48 bits per heavy atom. The van der Waals surface area contributed by atoms with E-state index < -0.39 is 0 Å². The van der Waals surface area contributed by atoms with E-state index in [0.717, 1.165) is 23.9 Å². The standard InChI is InChI=1S/C22H34N6.HI/c1-5-13-27-14-11-19(12-15-27)25-22(23-4)24-16-21-17(2)26-28(18(21)3)20-9-7-6-8-10-20;/h6-10,19H,5,11-16H2,1-4H3,(H2,23,24,25);1H. The second-order valence-electron chi connectivity index (χ2n) is 7.58. The van der Waals surface area contributed by atoms with Gasteiger partial charge in [0.2, 0.25) is 0 Å². The highest BCUT2D eigenvalue weighted by Gasteiger charge is 2.20. The molecule has 2 heterocycles. The molecule has 6 nitrogen and oxygen atoms in total. The summed E-state index contributed by atoms with van der Waals surface area (Å²) in [6.45, 7) is 10.7. The predicted octanol–water partition coefficient (Wildman–Crippen LogP) is 3.65. The lowest BCUT2D eigenvalue weighted by Gasteiger charge is -2.32. The summed E-state index contributed by atoms with van der Waals surface area (Å²) in [6, 6.07) is 10.8. The molecular weight excluding hydrogens is 475 g/mol. The number of hydrogen-bond donors (Lipinski definition) is 2. The molecule has 1 fully saturated rings. The van der Waals surface area contributed by atoms with Crippen molar-refractivity contribution in [1.29, 1.82) is 0 Å². The molecule has 1 aromatic heterocycles. The van der Waals surface area contributed by atoms with E-state index in [1.54, 1.807) is 0 Å². The van der Waals surface area contributed by atoms with E-state index in [2.05, 4.69) is 53.4 Å². The summed E-state index contributed by atoms with van der Waals surface area (Å²) < 4.78 is 2.02. The minimum absolute atomic E-state index is 0. The van der Waals surface area contributed by atoms with Gasteiger partial charge in [0.15, 0.2) is 5.96 Å². The maximum atomic E-state index is 4.74. The molecular formula is C22H35IN6. The quantitative estimate of drug-likeness (QED) is 0.354. The lowest BCUT2D eigenvalue weighted by Crippen LogP contribution is -2.48. The summed E-state index contributed by atoms with van der Waals surface area (Å²) in [6.07, 6.45) is 3.58. The molecule has 1 aliphatic heterocycles. The number of halogens is 1. The van der Waals surface area contributed by atoms with Crippen LogP contribution < -0.4 is 10.6 Å². The normalized spacial score (nSPS) is 15.8. The van der Waals surface area contributed by atoms with Crippen LogP contribution >= 0.6 is 24.0 Å². The minimum atomic E-state index is 0. The zero-order valence-corrected chi connectivity index (χ0v) is 20.4. The van der Waals surface area contributed by atoms with Crippen molar-refractivity contribution in [3.8, 4) is 5.69 Å². The number of likely N-dealkylation sites (tertiary alicyclic amines) is 1. The monoisotopic (exact) mass is 510 g/mol. The van der Waals surface area contributed by atoms with Gasteiger partial charge in [0.1, 0.15) is 0 Å². The Morgan fingerprint density at radius 2 is 1.86 bits per heavy atom. The van der Waals surface area contributed by atoms with Crippen LogP contribution in [0.15, 0.2) is 35.3 Å². The van der Waals surface area contributed by atoms with E-state index in [1.807, 2.05) is 29.9 Å². The first-order chi connectivity index (χ1) is 13.6. The number of rotatable bonds is 6. The van der Waals surface area contributed by atoms with Crippen molar-refractivity contribution >= 4 is 29.9 Å². The Balaban J connectivity index is 0.00000300. The molecule has 0 bridgehead atoms. The number of aliphatic imine (C=N–C) groups is 1. The van der Waals surface area contributed by atoms with Crippen molar-refractivity contribution in [3.05, 3.63) is 47.3 Å². The smallest absolute Gasteiger partial charge is 0.191 e. The first-order valence-electron chi connectivity index (χ1n) is 10.4. The summed E-state index contributed by atoms with van der Waals surface area (Å²) in [5, 5.41) is 11.8. The van der Waals surface area contributed by atoms with Gasteiger partial charge >= 0.3 is 0 Å². The fraction of sp³-hybridized carbons (Fsp3) is 0.545. The number of nitrogens with zero attached hydrogens (tertiary/aromatic N) is 4. The van der Waals surface area contributed by atoms with Crippen molar-refractivity contribution in [2.75, 3.05) is 26.7 Å². The lowest BCUT2D eigenvalue weighted by atomic mass is 10.1. The average Bonchev–Trinajstić information content (AvgIpc) is 3.01. The van der Waals surface area contributed by atoms with Gasteiger partial charge in [-0.2, -0.15) is 5.10 Å². The molecule has 2 aromatic rings. The fourth-order valence-corrected chi connectivity index (χ4v) is 3.93. The van der Waals surface area contributed by atoms with Crippen molar-refractivity contribution < 1.29 is 0 Å². The molecule has 0 unspecified atom stereocenters. The van der Waals surface area contributed by atoms with Crippen LogP contribution in [0.25, 0.3) is 5.69 Å². The van der Waals surface area contributed by atoms with Gasteiger partial charge in [0, 0.05) is 44.0 Å². The number of para-hydroxylation sites is 1. The molecule has 7 heteroatoms. The topological polar surface area (TPSA) is 57.5 Å². The molecule has 1 aliphatic rings. The van der Waals surface area contributed by atoms with E-state index in [9.17, 15) is 0 Å². The number of piperidine rings is 1. The molecule has 3 rings (SSSR count). The van der Waals surface area contributed by atoms with Crippen molar-refractivity contribution in [1.82, 2.24) is 25.3 Å². The molecule has 1 aromatic carbocycles. The van der Waals surface area contributed by atoms with Gasteiger partial charge in [-0.1, -0.05) is 25.1 Å². The SMILES string of the molecule is CCCN1CCC(NC(=NC)NCc2c(C)nn(-c3ccccc3)c2C)CC1.I. The highest BCUT2D eigenvalue weighted by molar-refractivity contribution is 14.0. The van der Waals surface area contributed by atoms with Gasteiger partial charge in [-0.25, -0.2) is 4.68 Å². The van der Waals surface area contributed by atoms with Gasteiger partial charge in [-0.3, -0.25) is 4.99 Å². The first kappa shape index (κ1) is 23.7. The minimum Gasteiger partial charge on any atom is -0.354 e. The lowest BCUT2D eigenvalue weighted by molar-refractivity contribution is 0.206. The van der Waals surface area contributed by atoms with Gasteiger partial charge in [-0.15, -0.1) is 24.0 Å². The van der Waals surface area contributed by atoms with Crippen LogP contribution in [-0.4, -0.2) is 53.4 Å². The van der Waals surface area contributed by atoms with Crippen molar-refractivity contribution in [3.63, 3.8) is 0 Å². The van der Waals surface area contributed by atoms with Crippen LogP contribution in [0, 0.1) is 13.8 Å². The molecule has 2 N–H and O–H groups in total. The summed E-state index contributed by atoms with van der Waals surface area (Å²) in [5.41, 5.74) is 4.54.